The van der Waals surface area contributed by atoms with E-state index in [1.54, 1.807) is 18.5 Å². The summed E-state index contributed by atoms with van der Waals surface area (Å²) in [5, 5.41) is 8.02. The molecule has 2 aromatic rings. The van der Waals surface area contributed by atoms with Crippen LogP contribution in [0.3, 0.4) is 0 Å². The quantitative estimate of drug-likeness (QED) is 0.867. The summed E-state index contributed by atoms with van der Waals surface area (Å²) < 4.78 is 20.5. The Labute approximate surface area is 129 Å². The Morgan fingerprint density at radius 2 is 2.18 bits per heavy atom. The zero-order valence-corrected chi connectivity index (χ0v) is 12.5. The molecule has 0 N–H and O–H groups in total. The highest BCUT2D eigenvalue weighted by molar-refractivity contribution is 5.48. The van der Waals surface area contributed by atoms with E-state index in [0.717, 1.165) is 31.0 Å². The molecule has 1 atom stereocenters. The molecule has 116 valence electrons. The average Bonchev–Trinajstić information content (AvgIpc) is 2.96. The van der Waals surface area contributed by atoms with Crippen molar-refractivity contribution in [2.24, 2.45) is 7.05 Å². The number of hydrogen-bond donors (Lipinski definition) is 0. The van der Waals surface area contributed by atoms with Crippen molar-refractivity contribution in [3.8, 4) is 0 Å². The van der Waals surface area contributed by atoms with Crippen LogP contribution in [0.1, 0.15) is 17.5 Å². The van der Waals surface area contributed by atoms with Crippen molar-refractivity contribution in [3.63, 3.8) is 0 Å². The minimum absolute atomic E-state index is 0.0412. The first kappa shape index (κ1) is 14.9. The average molecular weight is 302 g/mol. The predicted molar refractivity (Wildman–Crippen MR) is 81.6 cm³/mol. The molecule has 1 unspecified atom stereocenters. The number of aromatic nitrogens is 3. The SMILES string of the molecule is Cn1cnnc1C1CN(C/C=C/c2ccc(F)cc2)CCO1. The first-order valence-corrected chi connectivity index (χ1v) is 7.32. The lowest BCUT2D eigenvalue weighted by atomic mass is 10.2. The van der Waals surface area contributed by atoms with Gasteiger partial charge in [0.2, 0.25) is 0 Å². The molecule has 1 saturated heterocycles. The summed E-state index contributed by atoms with van der Waals surface area (Å²) in [6.07, 6.45) is 5.74. The molecule has 6 heteroatoms. The topological polar surface area (TPSA) is 43.2 Å². The fraction of sp³-hybridized carbons (Fsp3) is 0.375. The van der Waals surface area contributed by atoms with Gasteiger partial charge in [-0.2, -0.15) is 0 Å². The second kappa shape index (κ2) is 6.81. The summed E-state index contributed by atoms with van der Waals surface area (Å²) in [6, 6.07) is 6.48. The van der Waals surface area contributed by atoms with Crippen molar-refractivity contribution < 1.29 is 9.13 Å². The third-order valence-electron chi connectivity index (χ3n) is 3.73. The van der Waals surface area contributed by atoms with Crippen LogP contribution in [0.5, 0.6) is 0 Å². The zero-order valence-electron chi connectivity index (χ0n) is 12.5. The molecule has 0 amide bonds. The summed E-state index contributed by atoms with van der Waals surface area (Å²) in [4.78, 5) is 2.31. The highest BCUT2D eigenvalue weighted by Crippen LogP contribution is 2.19. The van der Waals surface area contributed by atoms with Gasteiger partial charge in [-0.05, 0) is 17.7 Å². The minimum atomic E-state index is -0.211. The van der Waals surface area contributed by atoms with Gasteiger partial charge in [0.05, 0.1) is 6.61 Å². The molecule has 1 aliphatic heterocycles. The van der Waals surface area contributed by atoms with E-state index >= 15 is 0 Å². The smallest absolute Gasteiger partial charge is 0.163 e. The van der Waals surface area contributed by atoms with Gasteiger partial charge >= 0.3 is 0 Å². The molecule has 0 spiro atoms. The molecule has 1 aromatic carbocycles. The number of benzene rings is 1. The highest BCUT2D eigenvalue weighted by atomic mass is 19.1. The molecule has 1 fully saturated rings. The van der Waals surface area contributed by atoms with Crippen LogP contribution in [-0.2, 0) is 11.8 Å². The highest BCUT2D eigenvalue weighted by Gasteiger charge is 2.24. The van der Waals surface area contributed by atoms with Crippen LogP contribution in [-0.4, -0.2) is 45.9 Å². The predicted octanol–water partition coefficient (Wildman–Crippen LogP) is 2.04. The summed E-state index contributed by atoms with van der Waals surface area (Å²) in [6.45, 7) is 3.19. The van der Waals surface area contributed by atoms with Crippen LogP contribution in [0.25, 0.3) is 6.08 Å². The number of rotatable bonds is 4. The van der Waals surface area contributed by atoms with Crippen LogP contribution < -0.4 is 0 Å². The number of morpholine rings is 1. The maximum absolute atomic E-state index is 12.9. The number of hydrogen-bond acceptors (Lipinski definition) is 4. The number of halogens is 1. The largest absolute Gasteiger partial charge is 0.368 e. The van der Waals surface area contributed by atoms with E-state index in [1.807, 2.05) is 17.7 Å². The Kier molecular flexibility index (Phi) is 4.60. The molecular formula is C16H19FN4O. The van der Waals surface area contributed by atoms with Gasteiger partial charge in [-0.3, -0.25) is 4.90 Å². The van der Waals surface area contributed by atoms with Crippen molar-refractivity contribution in [3.05, 3.63) is 53.9 Å². The second-order valence-electron chi connectivity index (χ2n) is 5.37. The molecule has 0 radical (unpaired) electrons. The third kappa shape index (κ3) is 3.58. The maximum Gasteiger partial charge on any atom is 0.163 e. The molecule has 5 nitrogen and oxygen atoms in total. The van der Waals surface area contributed by atoms with Gasteiger partial charge in [0.1, 0.15) is 18.2 Å². The van der Waals surface area contributed by atoms with Crippen molar-refractivity contribution in [1.29, 1.82) is 0 Å². The lowest BCUT2D eigenvalue weighted by Gasteiger charge is -2.31. The molecule has 3 rings (SSSR count). The Balaban J connectivity index is 1.56. The van der Waals surface area contributed by atoms with Crippen molar-refractivity contribution in [2.75, 3.05) is 26.2 Å². The van der Waals surface area contributed by atoms with Gasteiger partial charge in [0, 0.05) is 26.7 Å². The molecular weight excluding hydrogens is 283 g/mol. The fourth-order valence-electron chi connectivity index (χ4n) is 2.52. The van der Waals surface area contributed by atoms with Crippen LogP contribution in [0.15, 0.2) is 36.7 Å². The number of nitrogens with zero attached hydrogens (tertiary/aromatic N) is 4. The first-order chi connectivity index (χ1) is 10.7. The zero-order chi connectivity index (χ0) is 15.4. The Morgan fingerprint density at radius 3 is 2.91 bits per heavy atom. The van der Waals surface area contributed by atoms with Gasteiger partial charge in [-0.15, -0.1) is 10.2 Å². The second-order valence-corrected chi connectivity index (χ2v) is 5.37. The van der Waals surface area contributed by atoms with E-state index in [9.17, 15) is 4.39 Å². The van der Waals surface area contributed by atoms with Crippen LogP contribution in [0.4, 0.5) is 4.39 Å². The molecule has 0 bridgehead atoms. The number of aryl methyl sites for hydroxylation is 1. The molecule has 22 heavy (non-hydrogen) atoms. The summed E-state index contributed by atoms with van der Waals surface area (Å²) in [7, 11) is 1.92. The maximum atomic E-state index is 12.9. The number of ether oxygens (including phenoxy) is 1. The standard InChI is InChI=1S/C16H19FN4O/c1-20-12-18-19-16(20)15-11-21(9-10-22-15)8-2-3-13-4-6-14(17)7-5-13/h2-7,12,15H,8-11H2,1H3/b3-2+. The van der Waals surface area contributed by atoms with E-state index in [1.165, 1.54) is 12.1 Å². The molecule has 0 aliphatic carbocycles. The van der Waals surface area contributed by atoms with E-state index in [4.69, 9.17) is 4.74 Å². The van der Waals surface area contributed by atoms with Gasteiger partial charge in [0.25, 0.3) is 0 Å². The van der Waals surface area contributed by atoms with Gasteiger partial charge < -0.3 is 9.30 Å². The van der Waals surface area contributed by atoms with Gasteiger partial charge in [-0.25, -0.2) is 4.39 Å². The van der Waals surface area contributed by atoms with Gasteiger partial charge in [0.15, 0.2) is 5.82 Å². The van der Waals surface area contributed by atoms with E-state index in [2.05, 4.69) is 21.2 Å². The Morgan fingerprint density at radius 1 is 1.36 bits per heavy atom. The lowest BCUT2D eigenvalue weighted by Crippen LogP contribution is -2.39. The van der Waals surface area contributed by atoms with Crippen molar-refractivity contribution >= 4 is 6.08 Å². The summed E-state index contributed by atoms with van der Waals surface area (Å²) in [5.74, 6) is 0.643. The van der Waals surface area contributed by atoms with Crippen LogP contribution >= 0.6 is 0 Å². The molecule has 1 aromatic heterocycles. The summed E-state index contributed by atoms with van der Waals surface area (Å²) in [5.41, 5.74) is 1.000. The van der Waals surface area contributed by atoms with Crippen LogP contribution in [0.2, 0.25) is 0 Å². The van der Waals surface area contributed by atoms with E-state index in [0.29, 0.717) is 6.61 Å². The third-order valence-corrected chi connectivity index (χ3v) is 3.73. The summed E-state index contributed by atoms with van der Waals surface area (Å²) >= 11 is 0. The Bertz CT molecular complexity index is 638. The normalized spacial score (nSPS) is 19.8. The minimum Gasteiger partial charge on any atom is -0.368 e. The molecule has 0 saturated carbocycles. The van der Waals surface area contributed by atoms with Crippen LogP contribution in [0, 0.1) is 5.82 Å². The molecule has 2 heterocycles. The first-order valence-electron chi connectivity index (χ1n) is 7.32. The van der Waals surface area contributed by atoms with Crippen molar-refractivity contribution in [2.45, 2.75) is 6.10 Å². The fourth-order valence-corrected chi connectivity index (χ4v) is 2.52. The Hall–Kier alpha value is -2.05. The molecule has 1 aliphatic rings. The van der Waals surface area contributed by atoms with Crippen molar-refractivity contribution in [1.82, 2.24) is 19.7 Å². The van der Waals surface area contributed by atoms with E-state index < -0.39 is 0 Å². The van der Waals surface area contributed by atoms with E-state index in [-0.39, 0.29) is 11.9 Å². The van der Waals surface area contributed by atoms with Gasteiger partial charge in [-0.1, -0.05) is 24.3 Å². The monoisotopic (exact) mass is 302 g/mol. The lowest BCUT2D eigenvalue weighted by molar-refractivity contribution is -0.0318.